The third-order valence-corrected chi connectivity index (χ3v) is 5.71. The summed E-state index contributed by atoms with van der Waals surface area (Å²) in [5, 5.41) is 31.4. The van der Waals surface area contributed by atoms with Crippen LogP contribution >= 0.6 is 12.2 Å². The molecule has 0 aliphatic heterocycles. The van der Waals surface area contributed by atoms with Crippen molar-refractivity contribution in [1.29, 1.82) is 5.26 Å². The number of benzene rings is 2. The molecule has 0 radical (unpaired) electrons. The molecule has 4 rings (SSSR count). The van der Waals surface area contributed by atoms with Crippen LogP contribution in [0.15, 0.2) is 55.1 Å². The second kappa shape index (κ2) is 8.41. The van der Waals surface area contributed by atoms with Crippen molar-refractivity contribution >= 4 is 12.2 Å². The number of nitriles is 1. The monoisotopic (exact) mass is 453 g/mol. The molecule has 2 aromatic heterocycles. The summed E-state index contributed by atoms with van der Waals surface area (Å²) in [6.45, 7) is 1.63. The molecule has 4 aromatic rings. The third kappa shape index (κ3) is 3.81. The molecular formula is C21H17F2N7OS. The van der Waals surface area contributed by atoms with Gasteiger partial charge < -0.3 is 5.11 Å². The minimum atomic E-state index is -1.89. The molecule has 162 valence electrons. The van der Waals surface area contributed by atoms with Gasteiger partial charge in [0.05, 0.1) is 17.7 Å². The van der Waals surface area contributed by atoms with Crippen LogP contribution in [0.4, 0.5) is 8.78 Å². The molecule has 0 bridgehead atoms. The minimum absolute atomic E-state index is 0.127. The summed E-state index contributed by atoms with van der Waals surface area (Å²) in [6, 6.07) is 10.9. The molecule has 0 fully saturated rings. The molecule has 0 spiro atoms. The number of aliphatic hydroxyl groups is 1. The molecule has 8 nitrogen and oxygen atoms in total. The Morgan fingerprint density at radius 3 is 2.62 bits per heavy atom. The fourth-order valence-corrected chi connectivity index (χ4v) is 3.90. The first-order chi connectivity index (χ1) is 15.3. The number of halogens is 2. The number of aromatic nitrogens is 6. The summed E-state index contributed by atoms with van der Waals surface area (Å²) in [4.78, 5) is 4.03. The summed E-state index contributed by atoms with van der Waals surface area (Å²) in [5.74, 6) is -1.36. The largest absolute Gasteiger partial charge is 0.382 e. The molecule has 2 N–H and O–H groups in total. The minimum Gasteiger partial charge on any atom is -0.382 e. The van der Waals surface area contributed by atoms with E-state index in [1.54, 1.807) is 35.8 Å². The van der Waals surface area contributed by atoms with Crippen LogP contribution in [0, 0.1) is 27.7 Å². The van der Waals surface area contributed by atoms with Crippen LogP contribution in [-0.2, 0) is 12.0 Å². The quantitative estimate of drug-likeness (QED) is 0.434. The first kappa shape index (κ1) is 21.5. The smallest absolute Gasteiger partial charge is 0.202 e. The Balaban J connectivity index is 1.79. The lowest BCUT2D eigenvalue weighted by atomic mass is 9.83. The lowest BCUT2D eigenvalue weighted by Gasteiger charge is -2.34. The number of rotatable bonds is 6. The summed E-state index contributed by atoms with van der Waals surface area (Å²) >= 11 is 5.56. The van der Waals surface area contributed by atoms with Crippen LogP contribution in [0.1, 0.15) is 29.9 Å². The maximum atomic E-state index is 14.8. The zero-order valence-electron chi connectivity index (χ0n) is 16.8. The van der Waals surface area contributed by atoms with E-state index in [0.29, 0.717) is 23.1 Å². The molecular weight excluding hydrogens is 436 g/mol. The number of aromatic amines is 1. The van der Waals surface area contributed by atoms with E-state index in [4.69, 9.17) is 17.5 Å². The highest BCUT2D eigenvalue weighted by molar-refractivity contribution is 7.71. The number of hydrogen-bond donors (Lipinski definition) is 2. The highest BCUT2D eigenvalue weighted by Crippen LogP contribution is 2.37. The fraction of sp³-hybridized carbons (Fsp3) is 0.190. The highest BCUT2D eigenvalue weighted by Gasteiger charge is 2.41. The average Bonchev–Trinajstić information content (AvgIpc) is 3.42. The number of nitrogens with one attached hydrogen (secondary N) is 1. The van der Waals surface area contributed by atoms with Crippen molar-refractivity contribution in [2.45, 2.75) is 25.0 Å². The molecule has 0 saturated heterocycles. The molecule has 0 saturated carbocycles. The third-order valence-electron chi connectivity index (χ3n) is 5.33. The number of H-pyrrole nitrogens is 1. The Morgan fingerprint density at radius 2 is 2.00 bits per heavy atom. The van der Waals surface area contributed by atoms with Gasteiger partial charge >= 0.3 is 0 Å². The highest BCUT2D eigenvalue weighted by atomic mass is 32.1. The normalized spacial score (nSPS) is 14.0. The van der Waals surface area contributed by atoms with Crippen molar-refractivity contribution in [1.82, 2.24) is 29.5 Å². The molecule has 0 aliphatic carbocycles. The van der Waals surface area contributed by atoms with Crippen LogP contribution in [0.3, 0.4) is 0 Å². The Hall–Kier alpha value is -3.75. The first-order valence-corrected chi connectivity index (χ1v) is 9.93. The number of nitrogens with zero attached hydrogens (tertiary/aromatic N) is 6. The molecule has 0 aliphatic rings. The fourth-order valence-electron chi connectivity index (χ4n) is 3.54. The SMILES string of the molecule is C[C@@H](n1ncn(-c2ccc(C#N)cc2)c1=S)[C@@](O)(Cc1ncn[nH]1)c1ccc(F)cc1F. The van der Waals surface area contributed by atoms with Gasteiger partial charge in [-0.2, -0.15) is 15.5 Å². The van der Waals surface area contributed by atoms with Crippen LogP contribution in [0.25, 0.3) is 5.69 Å². The van der Waals surface area contributed by atoms with Crippen LogP contribution in [0.2, 0.25) is 0 Å². The number of hydrogen-bond acceptors (Lipinski definition) is 6. The van der Waals surface area contributed by atoms with Gasteiger partial charge in [0.1, 0.15) is 35.7 Å². The summed E-state index contributed by atoms with van der Waals surface area (Å²) in [7, 11) is 0. The van der Waals surface area contributed by atoms with Crippen LogP contribution in [0.5, 0.6) is 0 Å². The summed E-state index contributed by atoms with van der Waals surface area (Å²) in [5.41, 5.74) is -0.856. The van der Waals surface area contributed by atoms with E-state index in [2.05, 4.69) is 20.3 Å². The second-order valence-electron chi connectivity index (χ2n) is 7.22. The Labute approximate surface area is 186 Å². The van der Waals surface area contributed by atoms with Gasteiger partial charge in [-0.15, -0.1) is 0 Å². The van der Waals surface area contributed by atoms with Gasteiger partial charge in [0, 0.05) is 23.7 Å². The molecule has 2 aromatic carbocycles. The van der Waals surface area contributed by atoms with Gasteiger partial charge in [0.25, 0.3) is 0 Å². The van der Waals surface area contributed by atoms with E-state index in [1.165, 1.54) is 23.4 Å². The van der Waals surface area contributed by atoms with Gasteiger partial charge in [-0.3, -0.25) is 9.67 Å². The van der Waals surface area contributed by atoms with Gasteiger partial charge in [0.15, 0.2) is 0 Å². The average molecular weight is 453 g/mol. The van der Waals surface area contributed by atoms with Gasteiger partial charge in [-0.05, 0) is 49.5 Å². The van der Waals surface area contributed by atoms with E-state index in [0.717, 1.165) is 6.07 Å². The van der Waals surface area contributed by atoms with Crippen LogP contribution in [-0.4, -0.2) is 34.6 Å². The molecule has 2 atom stereocenters. The summed E-state index contributed by atoms with van der Waals surface area (Å²) < 4.78 is 31.5. The Morgan fingerprint density at radius 1 is 1.25 bits per heavy atom. The molecule has 2 heterocycles. The van der Waals surface area contributed by atoms with Crippen molar-refractivity contribution < 1.29 is 13.9 Å². The lowest BCUT2D eigenvalue weighted by molar-refractivity contribution is -0.0207. The van der Waals surface area contributed by atoms with Gasteiger partial charge in [0.2, 0.25) is 4.77 Å². The van der Waals surface area contributed by atoms with Crippen LogP contribution < -0.4 is 0 Å². The van der Waals surface area contributed by atoms with Crippen molar-refractivity contribution in [3.8, 4) is 11.8 Å². The predicted molar refractivity (Wildman–Crippen MR) is 112 cm³/mol. The summed E-state index contributed by atoms with van der Waals surface area (Å²) in [6.07, 6.45) is 2.59. The zero-order chi connectivity index (χ0) is 22.9. The first-order valence-electron chi connectivity index (χ1n) is 9.52. The topological polar surface area (TPSA) is 108 Å². The predicted octanol–water partition coefficient (Wildman–Crippen LogP) is 3.36. The maximum absolute atomic E-state index is 14.8. The van der Waals surface area contributed by atoms with E-state index >= 15 is 0 Å². The van der Waals surface area contributed by atoms with Crippen molar-refractivity contribution in [3.63, 3.8) is 0 Å². The van der Waals surface area contributed by atoms with Gasteiger partial charge in [-0.25, -0.2) is 18.4 Å². The molecule has 11 heteroatoms. The van der Waals surface area contributed by atoms with Crippen molar-refractivity contribution in [2.24, 2.45) is 0 Å². The van der Waals surface area contributed by atoms with E-state index in [-0.39, 0.29) is 16.8 Å². The maximum Gasteiger partial charge on any atom is 0.202 e. The molecule has 0 unspecified atom stereocenters. The molecule has 0 amide bonds. The van der Waals surface area contributed by atoms with E-state index in [1.807, 2.05) is 6.07 Å². The van der Waals surface area contributed by atoms with Gasteiger partial charge in [-0.1, -0.05) is 6.07 Å². The van der Waals surface area contributed by atoms with Crippen molar-refractivity contribution in [3.05, 3.63) is 88.5 Å². The zero-order valence-corrected chi connectivity index (χ0v) is 17.6. The standard InChI is InChI=1S/C21H17F2N7OS/c1-13(30-20(32)29(12-27-30)16-5-2-14(10-24)3-6-16)21(31,9-19-25-11-26-28-19)17-7-4-15(22)8-18(17)23/h2-8,11-13,31H,9H2,1H3,(H,25,26,28)/t13-,21+/m1/s1. The van der Waals surface area contributed by atoms with E-state index in [9.17, 15) is 13.9 Å². The lowest BCUT2D eigenvalue weighted by Crippen LogP contribution is -2.39. The Bertz CT molecular complexity index is 1340. The van der Waals surface area contributed by atoms with Crippen molar-refractivity contribution in [2.75, 3.05) is 0 Å². The second-order valence-corrected chi connectivity index (χ2v) is 7.59. The Kier molecular flexibility index (Phi) is 5.65. The molecule has 32 heavy (non-hydrogen) atoms. The van der Waals surface area contributed by atoms with E-state index < -0.39 is 23.3 Å².